The number of nitrogens with zero attached hydrogens (tertiary/aromatic N) is 2. The number of pyridine rings is 1. The van der Waals surface area contributed by atoms with Crippen molar-refractivity contribution in [2.45, 2.75) is 11.7 Å². The highest BCUT2D eigenvalue weighted by Gasteiger charge is 2.37. The fourth-order valence-electron chi connectivity index (χ4n) is 1.67. The van der Waals surface area contributed by atoms with E-state index >= 15 is 0 Å². The molecule has 2 N–H and O–H groups in total. The van der Waals surface area contributed by atoms with Gasteiger partial charge in [-0.05, 0) is 15.9 Å². The maximum atomic E-state index is 11.7. The van der Waals surface area contributed by atoms with Crippen molar-refractivity contribution in [1.82, 2.24) is 4.98 Å². The second-order valence-electron chi connectivity index (χ2n) is 3.88. The van der Waals surface area contributed by atoms with Gasteiger partial charge in [-0.15, -0.1) is 0 Å². The van der Waals surface area contributed by atoms with Crippen molar-refractivity contribution in [3.8, 4) is 0 Å². The number of aromatic nitrogens is 1. The summed E-state index contributed by atoms with van der Waals surface area (Å²) in [6.07, 6.45) is 1.32. The summed E-state index contributed by atoms with van der Waals surface area (Å²) in [6.45, 7) is 0.00261. The summed E-state index contributed by atoms with van der Waals surface area (Å²) in [4.78, 5) is 17.0. The van der Waals surface area contributed by atoms with Crippen molar-refractivity contribution < 1.29 is 13.2 Å². The molecule has 0 aliphatic carbocycles. The van der Waals surface area contributed by atoms with E-state index in [1.807, 2.05) is 0 Å². The van der Waals surface area contributed by atoms with Crippen molar-refractivity contribution in [2.75, 3.05) is 11.4 Å². The number of rotatable bonds is 2. The summed E-state index contributed by atoms with van der Waals surface area (Å²) in [6, 6.07) is 1.50. The number of amides is 1. The molecule has 98 valence electrons. The Balaban J connectivity index is 2.30. The van der Waals surface area contributed by atoms with Crippen LogP contribution >= 0.6 is 27.5 Å². The maximum absolute atomic E-state index is 11.7. The van der Waals surface area contributed by atoms with E-state index < -0.39 is 15.3 Å². The standard InChI is InChI=1S/C9H9BrClN3O3S/c10-6-3-13-8(2-7(6)11)14-4-5(1-9(14)15)18(12,16)17/h2-3,5H,1,4H2,(H2,12,16,17). The zero-order valence-corrected chi connectivity index (χ0v) is 12.2. The largest absolute Gasteiger partial charge is 0.295 e. The van der Waals surface area contributed by atoms with Crippen molar-refractivity contribution in [3.05, 3.63) is 21.8 Å². The van der Waals surface area contributed by atoms with Crippen molar-refractivity contribution in [2.24, 2.45) is 5.14 Å². The average Bonchev–Trinajstić information content (AvgIpc) is 2.64. The first-order valence-corrected chi connectivity index (χ1v) is 7.70. The molecule has 0 bridgehead atoms. The highest BCUT2D eigenvalue weighted by atomic mass is 79.9. The number of carbonyl (C=O) groups is 1. The minimum atomic E-state index is -3.73. The SMILES string of the molecule is NS(=O)(=O)C1CC(=O)N(c2cc(Cl)c(Br)cn2)C1. The molecule has 1 aromatic rings. The molecule has 0 radical (unpaired) electrons. The van der Waals surface area contributed by atoms with Gasteiger partial charge in [0.2, 0.25) is 15.9 Å². The molecule has 0 aromatic carbocycles. The van der Waals surface area contributed by atoms with E-state index in [9.17, 15) is 13.2 Å². The Hall–Kier alpha value is -0.700. The number of hydrogen-bond donors (Lipinski definition) is 1. The summed E-state index contributed by atoms with van der Waals surface area (Å²) < 4.78 is 23.0. The molecule has 1 atom stereocenters. The lowest BCUT2D eigenvalue weighted by atomic mass is 10.4. The lowest BCUT2D eigenvalue weighted by molar-refractivity contribution is -0.117. The van der Waals surface area contributed by atoms with Crippen LogP contribution in [0.25, 0.3) is 0 Å². The lowest BCUT2D eigenvalue weighted by Gasteiger charge is -2.15. The van der Waals surface area contributed by atoms with Gasteiger partial charge >= 0.3 is 0 Å². The Bertz CT molecular complexity index is 607. The van der Waals surface area contributed by atoms with Crippen molar-refractivity contribution >= 4 is 49.3 Å². The zero-order valence-electron chi connectivity index (χ0n) is 9.01. The van der Waals surface area contributed by atoms with Gasteiger partial charge in [-0.3, -0.25) is 9.69 Å². The molecule has 6 nitrogen and oxygen atoms in total. The van der Waals surface area contributed by atoms with E-state index in [1.54, 1.807) is 0 Å². The molecule has 1 saturated heterocycles. The van der Waals surface area contributed by atoms with Gasteiger partial charge in [-0.1, -0.05) is 11.6 Å². The van der Waals surface area contributed by atoms with E-state index in [2.05, 4.69) is 20.9 Å². The van der Waals surface area contributed by atoms with Gasteiger partial charge in [0, 0.05) is 25.2 Å². The fraction of sp³-hybridized carbons (Fsp3) is 0.333. The van der Waals surface area contributed by atoms with E-state index in [0.29, 0.717) is 15.3 Å². The molecular weight excluding hydrogens is 346 g/mol. The Morgan fingerprint density at radius 2 is 2.22 bits per heavy atom. The second kappa shape index (κ2) is 4.76. The van der Waals surface area contributed by atoms with Gasteiger partial charge in [0.05, 0.1) is 9.50 Å². The molecule has 2 heterocycles. The number of halogens is 2. The monoisotopic (exact) mass is 353 g/mol. The van der Waals surface area contributed by atoms with Crippen LogP contribution in [0.3, 0.4) is 0 Å². The minimum Gasteiger partial charge on any atom is -0.295 e. The molecule has 1 amide bonds. The van der Waals surface area contributed by atoms with Crippen LogP contribution in [0, 0.1) is 0 Å². The summed E-state index contributed by atoms with van der Waals surface area (Å²) in [7, 11) is -3.73. The molecule has 0 saturated carbocycles. The van der Waals surface area contributed by atoms with E-state index in [1.165, 1.54) is 17.2 Å². The van der Waals surface area contributed by atoms with E-state index in [0.717, 1.165) is 0 Å². The molecule has 1 fully saturated rings. The number of hydrogen-bond acceptors (Lipinski definition) is 4. The van der Waals surface area contributed by atoms with Crippen LogP contribution in [-0.2, 0) is 14.8 Å². The Labute approximate surface area is 117 Å². The summed E-state index contributed by atoms with van der Waals surface area (Å²) >= 11 is 9.08. The number of sulfonamides is 1. The Kier molecular flexibility index (Phi) is 3.63. The zero-order chi connectivity index (χ0) is 13.5. The summed E-state index contributed by atoms with van der Waals surface area (Å²) in [5, 5.41) is 4.54. The van der Waals surface area contributed by atoms with Gasteiger partial charge < -0.3 is 0 Å². The number of anilines is 1. The normalized spacial score (nSPS) is 20.5. The quantitative estimate of drug-likeness (QED) is 0.853. The van der Waals surface area contributed by atoms with Gasteiger partial charge in [-0.25, -0.2) is 18.5 Å². The predicted molar refractivity (Wildman–Crippen MR) is 70.8 cm³/mol. The smallest absolute Gasteiger partial charge is 0.229 e. The number of nitrogens with two attached hydrogens (primary N) is 1. The van der Waals surface area contributed by atoms with Crippen LogP contribution in [0.5, 0.6) is 0 Å². The summed E-state index contributed by atoms with van der Waals surface area (Å²) in [5.41, 5.74) is 0. The fourth-order valence-corrected chi connectivity index (χ4v) is 2.76. The highest BCUT2D eigenvalue weighted by molar-refractivity contribution is 9.10. The molecule has 18 heavy (non-hydrogen) atoms. The van der Waals surface area contributed by atoms with Gasteiger partial charge in [0.25, 0.3) is 0 Å². The first kappa shape index (κ1) is 13.7. The third-order valence-corrected chi connectivity index (χ3v) is 5.04. The second-order valence-corrected chi connectivity index (χ2v) is 6.98. The third kappa shape index (κ3) is 2.66. The van der Waals surface area contributed by atoms with Crippen LogP contribution in [0.2, 0.25) is 5.02 Å². The number of carbonyl (C=O) groups excluding carboxylic acids is 1. The van der Waals surface area contributed by atoms with E-state index in [4.69, 9.17) is 16.7 Å². The molecule has 1 aliphatic heterocycles. The van der Waals surface area contributed by atoms with Crippen molar-refractivity contribution in [1.29, 1.82) is 0 Å². The molecule has 0 spiro atoms. The topological polar surface area (TPSA) is 93.4 Å². The first-order valence-electron chi connectivity index (χ1n) is 4.92. The van der Waals surface area contributed by atoms with Gasteiger partial charge in [-0.2, -0.15) is 0 Å². The maximum Gasteiger partial charge on any atom is 0.229 e. The highest BCUT2D eigenvalue weighted by Crippen LogP contribution is 2.28. The third-order valence-electron chi connectivity index (χ3n) is 2.62. The average molecular weight is 355 g/mol. The molecule has 9 heteroatoms. The first-order chi connectivity index (χ1) is 8.29. The van der Waals surface area contributed by atoms with Gasteiger partial charge in [0.1, 0.15) is 11.1 Å². The van der Waals surface area contributed by atoms with E-state index in [-0.39, 0.29) is 18.9 Å². The van der Waals surface area contributed by atoms with Crippen LogP contribution in [-0.4, -0.2) is 31.1 Å². The Morgan fingerprint density at radius 1 is 1.56 bits per heavy atom. The predicted octanol–water partition coefficient (Wildman–Crippen LogP) is 0.891. The minimum absolute atomic E-state index is 0.00261. The molecule has 1 aromatic heterocycles. The number of primary sulfonamides is 1. The van der Waals surface area contributed by atoms with Crippen LogP contribution in [0.1, 0.15) is 6.42 Å². The Morgan fingerprint density at radius 3 is 2.72 bits per heavy atom. The summed E-state index contributed by atoms with van der Waals surface area (Å²) in [5.74, 6) is -0.0146. The van der Waals surface area contributed by atoms with Crippen molar-refractivity contribution in [3.63, 3.8) is 0 Å². The molecular formula is C9H9BrClN3O3S. The lowest BCUT2D eigenvalue weighted by Crippen LogP contribution is -2.32. The van der Waals surface area contributed by atoms with Crippen LogP contribution < -0.4 is 10.0 Å². The van der Waals surface area contributed by atoms with Crippen LogP contribution in [0.15, 0.2) is 16.7 Å². The van der Waals surface area contributed by atoms with Crippen LogP contribution in [0.4, 0.5) is 5.82 Å². The van der Waals surface area contributed by atoms with Gasteiger partial charge in [0.15, 0.2) is 0 Å². The molecule has 1 aliphatic rings. The molecule has 1 unspecified atom stereocenters. The molecule has 2 rings (SSSR count).